The number of nitrogens with zero attached hydrogens (tertiary/aromatic N) is 3. The van der Waals surface area contributed by atoms with Gasteiger partial charge in [-0.05, 0) is 43.5 Å². The fourth-order valence-electron chi connectivity index (χ4n) is 2.99. The minimum absolute atomic E-state index is 0.168. The summed E-state index contributed by atoms with van der Waals surface area (Å²) in [6, 6.07) is 14.0. The zero-order valence-corrected chi connectivity index (χ0v) is 16.2. The van der Waals surface area contributed by atoms with Gasteiger partial charge in [0.25, 0.3) is 11.6 Å². The highest BCUT2D eigenvalue weighted by molar-refractivity contribution is 5.92. The largest absolute Gasteiger partial charge is 0.508 e. The highest BCUT2D eigenvalue weighted by Gasteiger charge is 2.19. The number of aryl methyl sites for hydroxylation is 2. The van der Waals surface area contributed by atoms with Crippen molar-refractivity contribution < 1.29 is 14.8 Å². The maximum Gasteiger partial charge on any atom is 0.294 e. The van der Waals surface area contributed by atoms with Crippen LogP contribution in [-0.2, 0) is 6.42 Å². The van der Waals surface area contributed by atoms with Crippen LogP contribution in [0.25, 0.3) is 5.69 Å². The van der Waals surface area contributed by atoms with Crippen LogP contribution in [0.3, 0.4) is 0 Å². The van der Waals surface area contributed by atoms with Crippen molar-refractivity contribution >= 4 is 11.6 Å². The number of hydrogen-bond acceptors (Lipinski definition) is 6. The quantitative estimate of drug-likeness (QED) is 0.351. The topological polar surface area (TPSA) is 127 Å². The number of phenolic OH excluding ortho intramolecular Hbond substituents is 1. The van der Waals surface area contributed by atoms with Crippen molar-refractivity contribution in [1.29, 1.82) is 0 Å². The second-order valence-electron chi connectivity index (χ2n) is 6.68. The molecule has 0 saturated heterocycles. The molecule has 2 aromatic carbocycles. The van der Waals surface area contributed by atoms with E-state index in [1.807, 2.05) is 0 Å². The molecule has 0 radical (unpaired) electrons. The van der Waals surface area contributed by atoms with Gasteiger partial charge in [0, 0.05) is 24.4 Å². The van der Waals surface area contributed by atoms with E-state index in [-0.39, 0.29) is 22.8 Å². The molecular formula is C21H20N4O5. The van der Waals surface area contributed by atoms with Crippen molar-refractivity contribution in [2.75, 3.05) is 6.54 Å². The molecule has 0 atom stereocenters. The van der Waals surface area contributed by atoms with E-state index in [1.165, 1.54) is 28.9 Å². The summed E-state index contributed by atoms with van der Waals surface area (Å²) < 4.78 is 1.23. The summed E-state index contributed by atoms with van der Waals surface area (Å²) in [5.41, 5.74) is 0.479. The Morgan fingerprint density at radius 1 is 1.20 bits per heavy atom. The lowest BCUT2D eigenvalue weighted by Crippen LogP contribution is -2.32. The molecule has 0 aliphatic rings. The molecule has 9 nitrogen and oxygen atoms in total. The molecule has 1 heterocycles. The van der Waals surface area contributed by atoms with Crippen LogP contribution >= 0.6 is 0 Å². The maximum atomic E-state index is 12.5. The Labute approximate surface area is 171 Å². The molecule has 9 heteroatoms. The Kier molecular flexibility index (Phi) is 6.21. The van der Waals surface area contributed by atoms with Crippen LogP contribution in [0.2, 0.25) is 0 Å². The molecule has 1 aromatic heterocycles. The van der Waals surface area contributed by atoms with Gasteiger partial charge in [0.1, 0.15) is 11.4 Å². The molecule has 154 valence electrons. The number of rotatable bonds is 7. The van der Waals surface area contributed by atoms with E-state index >= 15 is 0 Å². The third-order valence-corrected chi connectivity index (χ3v) is 4.49. The van der Waals surface area contributed by atoms with Crippen LogP contribution in [0.1, 0.15) is 28.2 Å². The first kappa shape index (κ1) is 20.7. The number of amides is 1. The minimum atomic E-state index is -0.641. The lowest BCUT2D eigenvalue weighted by molar-refractivity contribution is -0.384. The molecule has 1 amide bonds. The number of para-hydroxylation sites is 2. The predicted molar refractivity (Wildman–Crippen MR) is 110 cm³/mol. The van der Waals surface area contributed by atoms with Crippen LogP contribution in [0.4, 0.5) is 5.69 Å². The lowest BCUT2D eigenvalue weighted by Gasteiger charge is -2.11. The second kappa shape index (κ2) is 8.99. The number of nitro benzene ring substituents is 1. The van der Waals surface area contributed by atoms with Gasteiger partial charge in [0.2, 0.25) is 5.43 Å². The number of phenols is 1. The maximum absolute atomic E-state index is 12.5. The second-order valence-corrected chi connectivity index (χ2v) is 6.68. The van der Waals surface area contributed by atoms with Gasteiger partial charge in [-0.1, -0.05) is 24.3 Å². The molecule has 0 spiro atoms. The van der Waals surface area contributed by atoms with Crippen molar-refractivity contribution in [3.8, 4) is 11.4 Å². The van der Waals surface area contributed by atoms with Gasteiger partial charge in [-0.25, -0.2) is 4.68 Å². The van der Waals surface area contributed by atoms with Gasteiger partial charge in [-0.15, -0.1) is 0 Å². The third-order valence-electron chi connectivity index (χ3n) is 4.49. The zero-order valence-electron chi connectivity index (χ0n) is 16.2. The third kappa shape index (κ3) is 4.69. The summed E-state index contributed by atoms with van der Waals surface area (Å²) in [6.45, 7) is 1.91. The molecule has 0 bridgehead atoms. The average Bonchev–Trinajstić information content (AvgIpc) is 2.72. The van der Waals surface area contributed by atoms with Crippen LogP contribution in [0.5, 0.6) is 5.75 Å². The van der Waals surface area contributed by atoms with Crippen molar-refractivity contribution in [2.24, 2.45) is 0 Å². The van der Waals surface area contributed by atoms with E-state index in [0.717, 1.165) is 5.56 Å². The molecular weight excluding hydrogens is 388 g/mol. The monoisotopic (exact) mass is 408 g/mol. The SMILES string of the molecule is Cc1cc(=O)c(C(=O)NCCCc2ccc(O)cc2)nn1-c1ccccc1[N+](=O)[O-]. The number of aromatic hydroxyl groups is 1. The molecule has 3 rings (SSSR count). The Bertz CT molecular complexity index is 1140. The first-order chi connectivity index (χ1) is 14.4. The van der Waals surface area contributed by atoms with Gasteiger partial charge in [-0.2, -0.15) is 5.10 Å². The standard InChI is InChI=1S/C21H20N4O5/c1-14-13-19(27)20(23-24(14)17-6-2-3-7-18(17)25(29)30)21(28)22-12-4-5-15-8-10-16(26)11-9-15/h2-3,6-11,13,26H,4-5,12H2,1H3,(H,22,28). The Morgan fingerprint density at radius 2 is 1.90 bits per heavy atom. The van der Waals surface area contributed by atoms with Gasteiger partial charge >= 0.3 is 0 Å². The number of hydrogen-bond donors (Lipinski definition) is 2. The highest BCUT2D eigenvalue weighted by Crippen LogP contribution is 2.22. The van der Waals surface area contributed by atoms with E-state index < -0.39 is 16.3 Å². The fourth-order valence-corrected chi connectivity index (χ4v) is 2.99. The van der Waals surface area contributed by atoms with Crippen LogP contribution in [0.15, 0.2) is 59.4 Å². The van der Waals surface area contributed by atoms with E-state index in [2.05, 4.69) is 10.4 Å². The van der Waals surface area contributed by atoms with E-state index in [0.29, 0.717) is 25.1 Å². The van der Waals surface area contributed by atoms with Gasteiger partial charge in [0.15, 0.2) is 5.69 Å². The molecule has 3 aromatic rings. The summed E-state index contributed by atoms with van der Waals surface area (Å²) in [4.78, 5) is 35.5. The Balaban J connectivity index is 1.75. The molecule has 30 heavy (non-hydrogen) atoms. The lowest BCUT2D eigenvalue weighted by atomic mass is 10.1. The zero-order chi connectivity index (χ0) is 21.7. The molecule has 0 fully saturated rings. The smallest absolute Gasteiger partial charge is 0.294 e. The van der Waals surface area contributed by atoms with Crippen LogP contribution < -0.4 is 10.7 Å². The summed E-state index contributed by atoms with van der Waals surface area (Å²) in [6.07, 6.45) is 1.31. The number of nitro groups is 1. The fraction of sp³-hybridized carbons (Fsp3) is 0.190. The Hall–Kier alpha value is -4.01. The van der Waals surface area contributed by atoms with Crippen LogP contribution in [-0.4, -0.2) is 32.3 Å². The molecule has 0 saturated carbocycles. The first-order valence-electron chi connectivity index (χ1n) is 9.27. The number of carbonyl (C=O) groups excluding carboxylic acids is 1. The van der Waals surface area contributed by atoms with Crippen molar-refractivity contribution in [2.45, 2.75) is 19.8 Å². The molecule has 0 unspecified atom stereocenters. The number of aromatic nitrogens is 2. The Morgan fingerprint density at radius 3 is 2.60 bits per heavy atom. The molecule has 0 aliphatic carbocycles. The normalized spacial score (nSPS) is 10.6. The number of carbonyl (C=O) groups is 1. The van der Waals surface area contributed by atoms with Gasteiger partial charge in [0.05, 0.1) is 4.92 Å². The predicted octanol–water partition coefficient (Wildman–Crippen LogP) is 2.52. The summed E-state index contributed by atoms with van der Waals surface area (Å²) in [5, 5.41) is 27.4. The summed E-state index contributed by atoms with van der Waals surface area (Å²) >= 11 is 0. The average molecular weight is 408 g/mol. The van der Waals surface area contributed by atoms with Gasteiger partial charge < -0.3 is 10.4 Å². The van der Waals surface area contributed by atoms with Crippen molar-refractivity contribution in [3.05, 3.63) is 91.9 Å². The summed E-state index contributed by atoms with van der Waals surface area (Å²) in [7, 11) is 0. The number of benzene rings is 2. The first-order valence-corrected chi connectivity index (χ1v) is 9.27. The van der Waals surface area contributed by atoms with Gasteiger partial charge in [-0.3, -0.25) is 19.7 Å². The highest BCUT2D eigenvalue weighted by atomic mass is 16.6. The summed E-state index contributed by atoms with van der Waals surface area (Å²) in [5.74, 6) is -0.453. The van der Waals surface area contributed by atoms with E-state index in [1.54, 1.807) is 37.3 Å². The van der Waals surface area contributed by atoms with Crippen molar-refractivity contribution in [3.63, 3.8) is 0 Å². The van der Waals surface area contributed by atoms with Crippen molar-refractivity contribution in [1.82, 2.24) is 15.1 Å². The van der Waals surface area contributed by atoms with Crippen LogP contribution in [0, 0.1) is 17.0 Å². The molecule has 2 N–H and O–H groups in total. The van der Waals surface area contributed by atoms with E-state index in [4.69, 9.17) is 0 Å². The molecule has 0 aliphatic heterocycles. The minimum Gasteiger partial charge on any atom is -0.508 e. The van der Waals surface area contributed by atoms with E-state index in [9.17, 15) is 24.8 Å². The number of nitrogens with one attached hydrogen (secondary N) is 1.